The molecule has 0 saturated heterocycles. The van der Waals surface area contributed by atoms with Crippen LogP contribution in [0.5, 0.6) is 11.5 Å². The number of aromatic nitrogens is 2. The Morgan fingerprint density at radius 1 is 1.22 bits per heavy atom. The molecule has 0 aliphatic carbocycles. The quantitative estimate of drug-likeness (QED) is 0.417. The number of phenols is 1. The van der Waals surface area contributed by atoms with E-state index in [-0.39, 0.29) is 17.7 Å². The number of phenolic OH excluding ortho intramolecular Hbond substituents is 1. The highest BCUT2D eigenvalue weighted by molar-refractivity contribution is 6.31. The summed E-state index contributed by atoms with van der Waals surface area (Å²) in [5.41, 5.74) is 3.98. The van der Waals surface area contributed by atoms with Gasteiger partial charge in [0.15, 0.2) is 0 Å². The fourth-order valence-corrected chi connectivity index (χ4v) is 4.47. The first kappa shape index (κ1) is 22.2. The number of hydrogen-bond donors (Lipinski definition) is 2. The Morgan fingerprint density at radius 2 is 2.03 bits per heavy atom. The topological polar surface area (TPSA) is 78.5 Å². The van der Waals surface area contributed by atoms with Crippen LogP contribution in [0.25, 0.3) is 11.3 Å². The molecule has 1 atom stereocenters. The van der Waals surface area contributed by atoms with Crippen molar-refractivity contribution >= 4 is 17.5 Å². The fraction of sp³-hybridized carbons (Fsp3) is 0.360. The Kier molecular flexibility index (Phi) is 6.42. The minimum absolute atomic E-state index is 0.0832. The molecule has 2 aromatic carbocycles. The van der Waals surface area contributed by atoms with Crippen LogP contribution in [0.15, 0.2) is 36.4 Å². The minimum Gasteiger partial charge on any atom is -0.507 e. The van der Waals surface area contributed by atoms with Crippen molar-refractivity contribution in [2.24, 2.45) is 0 Å². The largest absolute Gasteiger partial charge is 0.507 e. The number of H-pyrrole nitrogens is 1. The summed E-state index contributed by atoms with van der Waals surface area (Å²) in [6, 6.07) is 10.8. The zero-order chi connectivity index (χ0) is 22.8. The van der Waals surface area contributed by atoms with Crippen LogP contribution in [-0.4, -0.2) is 39.3 Å². The standard InChI is InChI=1S/C25H28ClN3O3/c1-4-6-7-11-29-24(16-9-8-10-17(13-16)32-5-2)21-22(27-28-23(21)25(29)31)18-14-19(26)15(3)12-20(18)30/h8-10,12-14,24,30H,4-7,11H2,1-3H3,(H,27,28). The number of fused-ring (bicyclic) bond motifs is 1. The smallest absolute Gasteiger partial charge is 0.273 e. The number of aryl methyl sites for hydroxylation is 1. The van der Waals surface area contributed by atoms with Crippen molar-refractivity contribution < 1.29 is 14.6 Å². The van der Waals surface area contributed by atoms with Crippen LogP contribution in [0.3, 0.4) is 0 Å². The average Bonchev–Trinajstić information content (AvgIpc) is 3.31. The predicted octanol–water partition coefficient (Wildman–Crippen LogP) is 5.88. The van der Waals surface area contributed by atoms with Crippen molar-refractivity contribution in [2.75, 3.05) is 13.2 Å². The highest BCUT2D eigenvalue weighted by Crippen LogP contribution is 2.45. The lowest BCUT2D eigenvalue weighted by Gasteiger charge is -2.27. The molecule has 1 aliphatic rings. The van der Waals surface area contributed by atoms with Crippen molar-refractivity contribution in [1.29, 1.82) is 0 Å². The van der Waals surface area contributed by atoms with E-state index in [4.69, 9.17) is 16.3 Å². The summed E-state index contributed by atoms with van der Waals surface area (Å²) in [7, 11) is 0. The van der Waals surface area contributed by atoms with E-state index < -0.39 is 0 Å². The lowest BCUT2D eigenvalue weighted by Crippen LogP contribution is -2.30. The first-order valence-electron chi connectivity index (χ1n) is 11.1. The molecular formula is C25H28ClN3O3. The average molecular weight is 454 g/mol. The number of rotatable bonds is 8. The van der Waals surface area contributed by atoms with Gasteiger partial charge in [0, 0.05) is 22.7 Å². The van der Waals surface area contributed by atoms with Gasteiger partial charge in [-0.2, -0.15) is 5.10 Å². The number of nitrogens with one attached hydrogen (secondary N) is 1. The molecule has 3 aromatic rings. The molecule has 6 nitrogen and oxygen atoms in total. The molecule has 1 amide bonds. The number of aromatic amines is 1. The Morgan fingerprint density at radius 3 is 2.78 bits per heavy atom. The van der Waals surface area contributed by atoms with Crippen molar-refractivity contribution in [2.45, 2.75) is 46.1 Å². The van der Waals surface area contributed by atoms with E-state index in [1.807, 2.05) is 43.0 Å². The lowest BCUT2D eigenvalue weighted by atomic mass is 9.95. The van der Waals surface area contributed by atoms with Crippen molar-refractivity contribution in [3.8, 4) is 22.8 Å². The number of benzene rings is 2. The Labute approximate surface area is 193 Å². The van der Waals surface area contributed by atoms with Gasteiger partial charge in [0.2, 0.25) is 0 Å². The molecule has 168 valence electrons. The first-order chi connectivity index (χ1) is 15.5. The molecule has 4 rings (SSSR count). The summed E-state index contributed by atoms with van der Waals surface area (Å²) < 4.78 is 5.71. The van der Waals surface area contributed by atoms with Gasteiger partial charge in [0.1, 0.15) is 22.9 Å². The zero-order valence-electron chi connectivity index (χ0n) is 18.6. The van der Waals surface area contributed by atoms with Gasteiger partial charge in [0.25, 0.3) is 5.91 Å². The van der Waals surface area contributed by atoms with Crippen LogP contribution in [0.2, 0.25) is 5.02 Å². The van der Waals surface area contributed by atoms with Gasteiger partial charge in [-0.1, -0.05) is 43.5 Å². The summed E-state index contributed by atoms with van der Waals surface area (Å²) in [6.45, 7) is 7.12. The molecular weight excluding hydrogens is 426 g/mol. The molecule has 1 unspecified atom stereocenters. The number of ether oxygens (including phenoxy) is 1. The third kappa shape index (κ3) is 3.95. The number of nitrogens with zero attached hydrogens (tertiary/aromatic N) is 2. The molecule has 0 fully saturated rings. The molecule has 7 heteroatoms. The van der Waals surface area contributed by atoms with E-state index in [1.165, 1.54) is 0 Å². The zero-order valence-corrected chi connectivity index (χ0v) is 19.4. The minimum atomic E-state index is -0.331. The molecule has 0 saturated carbocycles. The molecule has 1 aliphatic heterocycles. The van der Waals surface area contributed by atoms with E-state index >= 15 is 0 Å². The van der Waals surface area contributed by atoms with Crippen LogP contribution in [0.1, 0.15) is 66.3 Å². The van der Waals surface area contributed by atoms with Crippen molar-refractivity contribution in [3.05, 3.63) is 63.8 Å². The summed E-state index contributed by atoms with van der Waals surface area (Å²) in [5.74, 6) is 0.755. The van der Waals surface area contributed by atoms with Crippen LogP contribution in [0.4, 0.5) is 0 Å². The van der Waals surface area contributed by atoms with Gasteiger partial charge in [-0.25, -0.2) is 0 Å². The molecule has 2 N–H and O–H groups in total. The second-order valence-electron chi connectivity index (χ2n) is 8.09. The van der Waals surface area contributed by atoms with Crippen molar-refractivity contribution in [3.63, 3.8) is 0 Å². The normalized spacial score (nSPS) is 15.3. The second kappa shape index (κ2) is 9.25. The number of unbranched alkanes of at least 4 members (excludes halogenated alkanes) is 2. The molecule has 2 heterocycles. The molecule has 0 spiro atoms. The Balaban J connectivity index is 1.86. The van der Waals surface area contributed by atoms with Gasteiger partial charge in [-0.05, 0) is 55.7 Å². The van der Waals surface area contributed by atoms with E-state index in [1.54, 1.807) is 12.1 Å². The maximum atomic E-state index is 13.4. The SMILES string of the molecule is CCCCCN1C(=O)c2[nH]nc(-c3cc(Cl)c(C)cc3O)c2C1c1cccc(OCC)c1. The van der Waals surface area contributed by atoms with Crippen LogP contribution in [0, 0.1) is 6.92 Å². The highest BCUT2D eigenvalue weighted by Gasteiger charge is 2.42. The van der Waals surface area contributed by atoms with Gasteiger partial charge in [0.05, 0.1) is 12.6 Å². The molecule has 1 aromatic heterocycles. The van der Waals surface area contributed by atoms with Gasteiger partial charge in [-0.15, -0.1) is 0 Å². The van der Waals surface area contributed by atoms with Crippen LogP contribution >= 0.6 is 11.6 Å². The first-order valence-corrected chi connectivity index (χ1v) is 11.5. The summed E-state index contributed by atoms with van der Waals surface area (Å²) in [6.07, 6.45) is 3.03. The van der Waals surface area contributed by atoms with E-state index in [2.05, 4.69) is 17.1 Å². The number of amides is 1. The molecule has 32 heavy (non-hydrogen) atoms. The maximum absolute atomic E-state index is 13.4. The van der Waals surface area contributed by atoms with Crippen LogP contribution in [-0.2, 0) is 0 Å². The third-order valence-electron chi connectivity index (χ3n) is 5.88. The lowest BCUT2D eigenvalue weighted by molar-refractivity contribution is 0.0740. The molecule has 0 bridgehead atoms. The van der Waals surface area contributed by atoms with Gasteiger partial charge >= 0.3 is 0 Å². The summed E-state index contributed by atoms with van der Waals surface area (Å²) in [4.78, 5) is 15.3. The number of aromatic hydroxyl groups is 1. The summed E-state index contributed by atoms with van der Waals surface area (Å²) in [5, 5.41) is 18.6. The van der Waals surface area contributed by atoms with Gasteiger partial charge < -0.3 is 14.7 Å². The number of carbonyl (C=O) groups excluding carboxylic acids is 1. The maximum Gasteiger partial charge on any atom is 0.273 e. The van der Waals surface area contributed by atoms with Crippen molar-refractivity contribution in [1.82, 2.24) is 15.1 Å². The Hall–Kier alpha value is -2.99. The summed E-state index contributed by atoms with van der Waals surface area (Å²) >= 11 is 6.36. The van der Waals surface area contributed by atoms with E-state index in [0.717, 1.165) is 41.7 Å². The number of halogens is 1. The number of hydrogen-bond acceptors (Lipinski definition) is 4. The van der Waals surface area contributed by atoms with Gasteiger partial charge in [-0.3, -0.25) is 9.89 Å². The van der Waals surface area contributed by atoms with Crippen LogP contribution < -0.4 is 4.74 Å². The Bertz CT molecular complexity index is 1140. The molecule has 0 radical (unpaired) electrons. The fourth-order valence-electron chi connectivity index (χ4n) is 4.31. The second-order valence-corrected chi connectivity index (χ2v) is 8.50. The van der Waals surface area contributed by atoms with E-state index in [0.29, 0.717) is 35.1 Å². The van der Waals surface area contributed by atoms with E-state index in [9.17, 15) is 9.90 Å². The predicted molar refractivity (Wildman–Crippen MR) is 125 cm³/mol. The highest BCUT2D eigenvalue weighted by atomic mass is 35.5. The number of carbonyl (C=O) groups is 1. The third-order valence-corrected chi connectivity index (χ3v) is 6.29. The monoisotopic (exact) mass is 453 g/mol.